The lowest BCUT2D eigenvalue weighted by Crippen LogP contribution is -2.39. The molecule has 0 unspecified atom stereocenters. The molecular formula is C21H17ClF7N3O2S. The third-order valence-corrected chi connectivity index (χ3v) is 7.91. The first-order valence-corrected chi connectivity index (χ1v) is 12.1. The van der Waals surface area contributed by atoms with Crippen LogP contribution >= 0.6 is 11.6 Å². The molecule has 0 radical (unpaired) electrons. The van der Waals surface area contributed by atoms with Crippen LogP contribution in [-0.2, 0) is 23.1 Å². The first kappa shape index (κ1) is 25.7. The minimum Gasteiger partial charge on any atom is -0.346 e. The van der Waals surface area contributed by atoms with E-state index in [1.807, 2.05) is 0 Å². The monoisotopic (exact) mass is 543 g/mol. The number of benzene rings is 1. The fourth-order valence-electron chi connectivity index (χ4n) is 3.74. The van der Waals surface area contributed by atoms with Gasteiger partial charge < -0.3 is 4.57 Å². The molecule has 0 spiro atoms. The fraction of sp³-hybridized carbons (Fsp3) is 0.381. The molecule has 1 fully saturated rings. The summed E-state index contributed by atoms with van der Waals surface area (Å²) in [7, 11) is -3.72. The molecule has 4 rings (SSSR count). The molecule has 2 heterocycles. The third kappa shape index (κ3) is 5.41. The molecule has 190 valence electrons. The van der Waals surface area contributed by atoms with Gasteiger partial charge in [-0.2, -0.15) is 26.3 Å². The van der Waals surface area contributed by atoms with Gasteiger partial charge in [-0.1, -0.05) is 11.6 Å². The van der Waals surface area contributed by atoms with E-state index in [-0.39, 0.29) is 32.6 Å². The number of halogens is 8. The van der Waals surface area contributed by atoms with E-state index in [0.717, 1.165) is 18.3 Å². The molecule has 1 N–H and O–H groups in total. The zero-order chi connectivity index (χ0) is 25.8. The Morgan fingerprint density at radius 2 is 1.77 bits per heavy atom. The van der Waals surface area contributed by atoms with Gasteiger partial charge in [-0.05, 0) is 36.6 Å². The van der Waals surface area contributed by atoms with Crippen molar-refractivity contribution in [1.29, 1.82) is 0 Å². The molecule has 35 heavy (non-hydrogen) atoms. The van der Waals surface area contributed by atoms with Gasteiger partial charge in [0.05, 0.1) is 10.3 Å². The summed E-state index contributed by atoms with van der Waals surface area (Å²) < 4.78 is 122. The number of sulfonamides is 1. The second-order valence-corrected chi connectivity index (χ2v) is 10.7. The van der Waals surface area contributed by atoms with Gasteiger partial charge in [-0.15, -0.1) is 0 Å². The van der Waals surface area contributed by atoms with Crippen molar-refractivity contribution < 1.29 is 39.2 Å². The van der Waals surface area contributed by atoms with E-state index in [1.54, 1.807) is 0 Å². The Labute approximate surface area is 199 Å². The fourth-order valence-corrected chi connectivity index (χ4v) is 5.31. The highest BCUT2D eigenvalue weighted by Gasteiger charge is 2.56. The number of hydrogen-bond acceptors (Lipinski definition) is 3. The van der Waals surface area contributed by atoms with Gasteiger partial charge in [0, 0.05) is 53.7 Å². The number of pyridine rings is 1. The summed E-state index contributed by atoms with van der Waals surface area (Å²) in [6.07, 6.45) is -6.82. The average molecular weight is 544 g/mol. The second-order valence-electron chi connectivity index (χ2n) is 8.21. The lowest BCUT2D eigenvalue weighted by atomic mass is 10.0. The van der Waals surface area contributed by atoms with Crippen LogP contribution in [0.4, 0.5) is 30.7 Å². The molecule has 0 atom stereocenters. The topological polar surface area (TPSA) is 64.0 Å². The van der Waals surface area contributed by atoms with Gasteiger partial charge in [-0.3, -0.25) is 4.98 Å². The Morgan fingerprint density at radius 3 is 2.34 bits per heavy atom. The maximum atomic E-state index is 15.0. The van der Waals surface area contributed by atoms with Crippen molar-refractivity contribution in [3.05, 3.63) is 53.2 Å². The highest BCUT2D eigenvalue weighted by atomic mass is 35.5. The average Bonchev–Trinajstić information content (AvgIpc) is 3.54. The first-order chi connectivity index (χ1) is 16.2. The van der Waals surface area contributed by atoms with Crippen molar-refractivity contribution in [2.24, 2.45) is 5.92 Å². The van der Waals surface area contributed by atoms with Crippen LogP contribution < -0.4 is 4.72 Å². The predicted octanol–water partition coefficient (Wildman–Crippen LogP) is 5.82. The molecule has 0 aliphatic heterocycles. The van der Waals surface area contributed by atoms with Crippen molar-refractivity contribution in [2.75, 3.05) is 0 Å². The Balaban J connectivity index is 1.84. The third-order valence-electron chi connectivity index (χ3n) is 5.71. The Bertz CT molecular complexity index is 1350. The van der Waals surface area contributed by atoms with E-state index in [0.29, 0.717) is 17.4 Å². The largest absolute Gasteiger partial charge is 0.402 e. The summed E-state index contributed by atoms with van der Waals surface area (Å²) in [5, 5.41) is -0.615. The highest BCUT2D eigenvalue weighted by Crippen LogP contribution is 2.42. The Morgan fingerprint density at radius 1 is 1.11 bits per heavy atom. The maximum Gasteiger partial charge on any atom is 0.402 e. The first-order valence-electron chi connectivity index (χ1n) is 10.2. The molecule has 0 saturated heterocycles. The van der Waals surface area contributed by atoms with Crippen molar-refractivity contribution in [1.82, 2.24) is 14.3 Å². The van der Waals surface area contributed by atoms with Crippen molar-refractivity contribution >= 4 is 32.5 Å². The van der Waals surface area contributed by atoms with Crippen LogP contribution in [0.25, 0.3) is 22.0 Å². The van der Waals surface area contributed by atoms with Crippen LogP contribution in [-0.4, -0.2) is 35.6 Å². The van der Waals surface area contributed by atoms with Gasteiger partial charge in [-0.25, -0.2) is 17.5 Å². The number of alkyl halides is 6. The van der Waals surface area contributed by atoms with Gasteiger partial charge in [0.2, 0.25) is 10.0 Å². The molecule has 2 aromatic heterocycles. The summed E-state index contributed by atoms with van der Waals surface area (Å²) in [6.45, 7) is -1.96. The van der Waals surface area contributed by atoms with Crippen molar-refractivity contribution in [2.45, 2.75) is 43.5 Å². The normalized spacial score (nSPS) is 15.3. The standard InChI is InChI=1S/C21H17ClF7N3O2S/c22-16-8-30-4-3-13(16)15-6-18-14(5-17(15)23)11(7-31-35(33,34)12-1-2-12)9-32(18)10-19(20(24,25)26)21(27,28)29/h3-6,8-9,12,19,31H,1-2,7,10H2. The van der Waals surface area contributed by atoms with E-state index in [9.17, 15) is 34.8 Å². The maximum absolute atomic E-state index is 15.0. The van der Waals surface area contributed by atoms with Crippen LogP contribution in [0, 0.1) is 11.7 Å². The second kappa shape index (κ2) is 8.93. The number of nitrogens with zero attached hydrogens (tertiary/aromatic N) is 2. The van der Waals surface area contributed by atoms with Gasteiger partial charge >= 0.3 is 12.4 Å². The zero-order valence-corrected chi connectivity index (χ0v) is 19.2. The summed E-state index contributed by atoms with van der Waals surface area (Å²) in [5.41, 5.74) is -0.148. The van der Waals surface area contributed by atoms with E-state index in [1.165, 1.54) is 18.5 Å². The SMILES string of the molecule is O=S(=O)(NCc1cn(CC(C(F)(F)F)C(F)(F)F)c2cc(-c3ccncc3Cl)c(F)cc12)C1CC1. The highest BCUT2D eigenvalue weighted by molar-refractivity contribution is 7.90. The zero-order valence-electron chi connectivity index (χ0n) is 17.6. The van der Waals surface area contributed by atoms with E-state index in [4.69, 9.17) is 11.6 Å². The Kier molecular flexibility index (Phi) is 6.56. The summed E-state index contributed by atoms with van der Waals surface area (Å²) in [4.78, 5) is 3.77. The van der Waals surface area contributed by atoms with E-state index < -0.39 is 52.5 Å². The van der Waals surface area contributed by atoms with Gasteiger partial charge in [0.25, 0.3) is 0 Å². The molecule has 5 nitrogen and oxygen atoms in total. The molecule has 1 aliphatic carbocycles. The smallest absolute Gasteiger partial charge is 0.346 e. The number of rotatable bonds is 7. The quantitative estimate of drug-likeness (QED) is 0.382. The Hall–Kier alpha value is -2.38. The van der Waals surface area contributed by atoms with Crippen LogP contribution in [0.15, 0.2) is 36.8 Å². The molecule has 3 aromatic rings. The van der Waals surface area contributed by atoms with Crippen molar-refractivity contribution in [3.8, 4) is 11.1 Å². The molecule has 1 saturated carbocycles. The lowest BCUT2D eigenvalue weighted by molar-refractivity contribution is -0.287. The summed E-state index contributed by atoms with van der Waals surface area (Å²) >= 11 is 6.06. The number of nitrogens with one attached hydrogen (secondary N) is 1. The molecule has 1 aliphatic rings. The van der Waals surface area contributed by atoms with Gasteiger partial charge in [0.1, 0.15) is 5.82 Å². The van der Waals surface area contributed by atoms with E-state index >= 15 is 4.39 Å². The molecule has 0 amide bonds. The molecule has 1 aromatic carbocycles. The van der Waals surface area contributed by atoms with Crippen LogP contribution in [0.2, 0.25) is 5.02 Å². The number of aromatic nitrogens is 2. The summed E-state index contributed by atoms with van der Waals surface area (Å²) in [5.74, 6) is -4.54. The summed E-state index contributed by atoms with van der Waals surface area (Å²) in [6, 6.07) is 3.38. The van der Waals surface area contributed by atoms with Gasteiger partial charge in [0.15, 0.2) is 5.92 Å². The molecule has 14 heteroatoms. The van der Waals surface area contributed by atoms with Crippen LogP contribution in [0.3, 0.4) is 0 Å². The van der Waals surface area contributed by atoms with Crippen molar-refractivity contribution in [3.63, 3.8) is 0 Å². The van der Waals surface area contributed by atoms with E-state index in [2.05, 4.69) is 9.71 Å². The predicted molar refractivity (Wildman–Crippen MR) is 115 cm³/mol. The van der Waals surface area contributed by atoms with Crippen LogP contribution in [0.5, 0.6) is 0 Å². The molecule has 0 bridgehead atoms. The lowest BCUT2D eigenvalue weighted by Gasteiger charge is -2.23. The minimum absolute atomic E-state index is 0.0183. The number of hydrogen-bond donors (Lipinski definition) is 1. The number of fused-ring (bicyclic) bond motifs is 1. The minimum atomic E-state index is -5.60. The van der Waals surface area contributed by atoms with Crippen LogP contribution in [0.1, 0.15) is 18.4 Å². The molecular weight excluding hydrogens is 527 g/mol.